The average molecular weight is 489 g/mol. The van der Waals surface area contributed by atoms with Crippen LogP contribution >= 0.6 is 11.6 Å². The van der Waals surface area contributed by atoms with Crippen LogP contribution in [-0.2, 0) is 19.6 Å². The summed E-state index contributed by atoms with van der Waals surface area (Å²) >= 11 is 6.12. The standard InChI is InChI=1S/C23H21ClN2O6S/c1-25-33(29,30)18-10-6-9-16(13-18)23(28)32-21(15-7-4-3-5-8-15)22(27)26-17-11-12-20(31-2)19(24)14-17/h3-14,21,25H,1-2H3,(H,26,27). The van der Waals surface area contributed by atoms with Crippen molar-refractivity contribution < 1.29 is 27.5 Å². The molecule has 2 N–H and O–H groups in total. The lowest BCUT2D eigenvalue weighted by atomic mass is 10.1. The number of nitrogens with one attached hydrogen (secondary N) is 2. The smallest absolute Gasteiger partial charge is 0.339 e. The van der Waals surface area contributed by atoms with E-state index in [0.29, 0.717) is 22.0 Å². The van der Waals surface area contributed by atoms with Gasteiger partial charge in [-0.15, -0.1) is 0 Å². The number of carbonyl (C=O) groups is 2. The Kier molecular flexibility index (Phi) is 7.70. The predicted octanol–water partition coefficient (Wildman–Crippen LogP) is 3.79. The molecule has 8 nitrogen and oxygen atoms in total. The number of halogens is 1. The maximum atomic E-state index is 13.0. The van der Waals surface area contributed by atoms with E-state index in [1.807, 2.05) is 0 Å². The van der Waals surface area contributed by atoms with Crippen molar-refractivity contribution in [2.24, 2.45) is 0 Å². The first-order chi connectivity index (χ1) is 15.7. The average Bonchev–Trinajstić information content (AvgIpc) is 2.83. The first-order valence-corrected chi connectivity index (χ1v) is 11.5. The number of methoxy groups -OCH3 is 1. The largest absolute Gasteiger partial charge is 0.495 e. The van der Waals surface area contributed by atoms with Crippen LogP contribution < -0.4 is 14.8 Å². The molecule has 0 fully saturated rings. The van der Waals surface area contributed by atoms with Gasteiger partial charge in [0.2, 0.25) is 16.1 Å². The second kappa shape index (κ2) is 10.5. The molecular formula is C23H21ClN2O6S. The molecule has 3 aromatic carbocycles. The Balaban J connectivity index is 1.88. The van der Waals surface area contributed by atoms with Gasteiger partial charge in [-0.1, -0.05) is 48.0 Å². The molecule has 0 saturated carbocycles. The van der Waals surface area contributed by atoms with E-state index in [1.165, 1.54) is 44.5 Å². The van der Waals surface area contributed by atoms with Gasteiger partial charge in [-0.3, -0.25) is 4.79 Å². The quantitative estimate of drug-likeness (QED) is 0.467. The van der Waals surface area contributed by atoms with Gasteiger partial charge >= 0.3 is 5.97 Å². The van der Waals surface area contributed by atoms with Gasteiger partial charge < -0.3 is 14.8 Å². The van der Waals surface area contributed by atoms with Crippen molar-refractivity contribution >= 4 is 39.2 Å². The SMILES string of the molecule is CNS(=O)(=O)c1cccc(C(=O)OC(C(=O)Nc2ccc(OC)c(Cl)c2)c2ccccc2)c1. The van der Waals surface area contributed by atoms with E-state index in [0.717, 1.165) is 0 Å². The molecule has 33 heavy (non-hydrogen) atoms. The van der Waals surface area contributed by atoms with E-state index in [4.69, 9.17) is 21.1 Å². The summed E-state index contributed by atoms with van der Waals surface area (Å²) in [6, 6.07) is 18.5. The number of ether oxygens (including phenoxy) is 2. The highest BCUT2D eigenvalue weighted by Gasteiger charge is 2.26. The van der Waals surface area contributed by atoms with E-state index >= 15 is 0 Å². The molecule has 0 aromatic heterocycles. The first-order valence-electron chi connectivity index (χ1n) is 9.69. The second-order valence-electron chi connectivity index (χ2n) is 6.77. The maximum Gasteiger partial charge on any atom is 0.339 e. The van der Waals surface area contributed by atoms with Crippen molar-refractivity contribution in [3.8, 4) is 5.75 Å². The minimum absolute atomic E-state index is 0.0208. The molecule has 0 bridgehead atoms. The van der Waals surface area contributed by atoms with Crippen molar-refractivity contribution in [1.29, 1.82) is 0 Å². The number of amides is 1. The van der Waals surface area contributed by atoms with Crippen LogP contribution in [-0.4, -0.2) is 34.5 Å². The fourth-order valence-electron chi connectivity index (χ4n) is 2.94. The number of carbonyl (C=O) groups excluding carboxylic acids is 2. The van der Waals surface area contributed by atoms with Crippen molar-refractivity contribution in [1.82, 2.24) is 4.72 Å². The molecule has 0 aliphatic carbocycles. The van der Waals surface area contributed by atoms with Gasteiger partial charge in [0.25, 0.3) is 5.91 Å². The molecule has 0 aliphatic heterocycles. The highest BCUT2D eigenvalue weighted by molar-refractivity contribution is 7.89. The molecule has 10 heteroatoms. The summed E-state index contributed by atoms with van der Waals surface area (Å²) in [5.74, 6) is -1.04. The van der Waals surface area contributed by atoms with E-state index in [1.54, 1.807) is 42.5 Å². The zero-order chi connectivity index (χ0) is 24.0. The van der Waals surface area contributed by atoms with Crippen LogP contribution in [0.1, 0.15) is 22.0 Å². The second-order valence-corrected chi connectivity index (χ2v) is 9.06. The fraction of sp³-hybridized carbons (Fsp3) is 0.130. The van der Waals surface area contributed by atoms with Gasteiger partial charge in [-0.05, 0) is 43.4 Å². The number of hydrogen-bond donors (Lipinski definition) is 2. The van der Waals surface area contributed by atoms with E-state index in [9.17, 15) is 18.0 Å². The van der Waals surface area contributed by atoms with Crippen LogP contribution in [0.2, 0.25) is 5.02 Å². The summed E-state index contributed by atoms with van der Waals surface area (Å²) in [4.78, 5) is 25.8. The first kappa shape index (κ1) is 24.2. The molecule has 0 heterocycles. The molecule has 172 valence electrons. The lowest BCUT2D eigenvalue weighted by molar-refractivity contribution is -0.125. The van der Waals surface area contributed by atoms with Crippen molar-refractivity contribution in [3.05, 3.63) is 88.9 Å². The minimum atomic E-state index is -3.76. The zero-order valence-corrected chi connectivity index (χ0v) is 19.3. The van der Waals surface area contributed by atoms with Crippen LogP contribution in [0.15, 0.2) is 77.7 Å². The Bertz CT molecular complexity index is 1260. The van der Waals surface area contributed by atoms with Crippen molar-refractivity contribution in [3.63, 3.8) is 0 Å². The zero-order valence-electron chi connectivity index (χ0n) is 17.7. The molecule has 3 aromatic rings. The monoisotopic (exact) mass is 488 g/mol. The van der Waals surface area contributed by atoms with Crippen LogP contribution in [0.5, 0.6) is 5.75 Å². The third-order valence-electron chi connectivity index (χ3n) is 4.63. The Hall–Kier alpha value is -3.40. The Morgan fingerprint density at radius 2 is 1.70 bits per heavy atom. The summed E-state index contributed by atoms with van der Waals surface area (Å²) < 4.78 is 36.9. The molecule has 3 rings (SSSR count). The third kappa shape index (κ3) is 5.89. The summed E-state index contributed by atoms with van der Waals surface area (Å²) in [5, 5.41) is 2.97. The topological polar surface area (TPSA) is 111 Å². The van der Waals surface area contributed by atoms with Gasteiger partial charge in [0.05, 0.1) is 22.6 Å². The lowest BCUT2D eigenvalue weighted by Crippen LogP contribution is -2.26. The molecule has 0 saturated heterocycles. The lowest BCUT2D eigenvalue weighted by Gasteiger charge is -2.18. The normalized spacial score (nSPS) is 12.0. The number of anilines is 1. The molecule has 0 radical (unpaired) electrons. The van der Waals surface area contributed by atoms with Gasteiger partial charge in [-0.25, -0.2) is 17.9 Å². The molecule has 1 amide bonds. The number of benzene rings is 3. The van der Waals surface area contributed by atoms with Crippen molar-refractivity contribution in [2.45, 2.75) is 11.0 Å². The van der Waals surface area contributed by atoms with Gasteiger partial charge in [0.1, 0.15) is 5.75 Å². The van der Waals surface area contributed by atoms with Crippen LogP contribution in [0.4, 0.5) is 5.69 Å². The Morgan fingerprint density at radius 3 is 2.33 bits per heavy atom. The summed E-state index contributed by atoms with van der Waals surface area (Å²) in [6.45, 7) is 0. The predicted molar refractivity (Wildman–Crippen MR) is 124 cm³/mol. The summed E-state index contributed by atoms with van der Waals surface area (Å²) in [7, 11) is -1.02. The maximum absolute atomic E-state index is 13.0. The van der Waals surface area contributed by atoms with Gasteiger partial charge in [-0.2, -0.15) is 0 Å². The third-order valence-corrected chi connectivity index (χ3v) is 6.34. The van der Waals surface area contributed by atoms with Crippen LogP contribution in [0.3, 0.4) is 0 Å². The fourth-order valence-corrected chi connectivity index (χ4v) is 3.97. The molecule has 0 spiro atoms. The van der Waals surface area contributed by atoms with E-state index in [2.05, 4.69) is 10.0 Å². The van der Waals surface area contributed by atoms with Gasteiger partial charge in [0, 0.05) is 11.3 Å². The van der Waals surface area contributed by atoms with Crippen molar-refractivity contribution in [2.75, 3.05) is 19.5 Å². The number of rotatable bonds is 8. The highest BCUT2D eigenvalue weighted by Crippen LogP contribution is 2.28. The molecule has 1 atom stereocenters. The number of esters is 1. The number of sulfonamides is 1. The highest BCUT2D eigenvalue weighted by atomic mass is 35.5. The summed E-state index contributed by atoms with van der Waals surface area (Å²) in [6.07, 6.45) is -1.30. The Morgan fingerprint density at radius 1 is 0.970 bits per heavy atom. The van der Waals surface area contributed by atoms with Crippen LogP contribution in [0.25, 0.3) is 0 Å². The molecule has 0 aliphatic rings. The molecule has 1 unspecified atom stereocenters. The molecular weight excluding hydrogens is 468 g/mol. The van der Waals surface area contributed by atoms with Crippen LogP contribution in [0, 0.1) is 0 Å². The van der Waals surface area contributed by atoms with E-state index < -0.39 is 28.0 Å². The number of hydrogen-bond acceptors (Lipinski definition) is 6. The summed E-state index contributed by atoms with van der Waals surface area (Å²) in [5.41, 5.74) is 0.791. The van der Waals surface area contributed by atoms with Gasteiger partial charge in [0.15, 0.2) is 0 Å². The van der Waals surface area contributed by atoms with E-state index in [-0.39, 0.29) is 10.5 Å². The Labute approximate surface area is 196 Å². The minimum Gasteiger partial charge on any atom is -0.495 e.